The summed E-state index contributed by atoms with van der Waals surface area (Å²) in [4.78, 5) is 0. The maximum Gasteiger partial charge on any atom is 0.0108 e. The number of hydrogen-bond acceptors (Lipinski definition) is 2. The fourth-order valence-electron chi connectivity index (χ4n) is 1.71. The zero-order valence-corrected chi connectivity index (χ0v) is 8.08. The number of rotatable bonds is 3. The van der Waals surface area contributed by atoms with Crippen LogP contribution in [0.2, 0.25) is 0 Å². The molecule has 0 heterocycles. The topological polar surface area (TPSA) is 0 Å². The minimum Gasteiger partial charge on any atom is -0.178 e. The Hall–Kier alpha value is 0.700. The van der Waals surface area contributed by atoms with Crippen LogP contribution in [0.4, 0.5) is 0 Å². The molecular formula is C8H16S2. The van der Waals surface area contributed by atoms with Gasteiger partial charge in [-0.15, -0.1) is 0 Å². The monoisotopic (exact) mass is 176 g/mol. The van der Waals surface area contributed by atoms with Crippen LogP contribution in [0.15, 0.2) is 0 Å². The van der Waals surface area contributed by atoms with E-state index in [2.05, 4.69) is 25.3 Å². The van der Waals surface area contributed by atoms with Gasteiger partial charge in [-0.1, -0.05) is 25.7 Å². The van der Waals surface area contributed by atoms with E-state index < -0.39 is 0 Å². The summed E-state index contributed by atoms with van der Waals surface area (Å²) in [6, 6.07) is 0. The van der Waals surface area contributed by atoms with Crippen LogP contribution in [-0.2, 0) is 0 Å². The van der Waals surface area contributed by atoms with E-state index in [0.29, 0.717) is 5.25 Å². The van der Waals surface area contributed by atoms with Gasteiger partial charge in [-0.25, -0.2) is 0 Å². The summed E-state index contributed by atoms with van der Waals surface area (Å²) < 4.78 is 0. The quantitative estimate of drug-likeness (QED) is 0.607. The van der Waals surface area contributed by atoms with E-state index >= 15 is 0 Å². The lowest BCUT2D eigenvalue weighted by Gasteiger charge is -2.12. The van der Waals surface area contributed by atoms with Crippen molar-refractivity contribution in [2.24, 2.45) is 5.92 Å². The summed E-state index contributed by atoms with van der Waals surface area (Å²) in [6.45, 7) is 0. The molecule has 0 bridgehead atoms. The van der Waals surface area contributed by atoms with Crippen molar-refractivity contribution in [2.75, 3.05) is 5.75 Å². The van der Waals surface area contributed by atoms with E-state index in [-0.39, 0.29) is 0 Å². The van der Waals surface area contributed by atoms with E-state index in [1.165, 1.54) is 32.1 Å². The Kier molecular flexibility index (Phi) is 4.00. The molecule has 0 aromatic heterocycles. The van der Waals surface area contributed by atoms with Crippen LogP contribution < -0.4 is 0 Å². The molecule has 0 aliphatic heterocycles. The first-order valence-electron chi connectivity index (χ1n) is 4.12. The summed E-state index contributed by atoms with van der Waals surface area (Å²) in [6.07, 6.45) is 7.04. The lowest BCUT2D eigenvalue weighted by molar-refractivity contribution is 0.506. The van der Waals surface area contributed by atoms with Gasteiger partial charge < -0.3 is 0 Å². The second kappa shape index (κ2) is 4.55. The molecule has 0 spiro atoms. The highest BCUT2D eigenvalue weighted by molar-refractivity contribution is 7.84. The van der Waals surface area contributed by atoms with E-state index in [0.717, 1.165) is 11.7 Å². The normalized spacial score (nSPS) is 23.4. The standard InChI is InChI=1S/C8H16S2/c9-6-8(10)5-7-3-1-2-4-7/h7-10H,1-6H2. The van der Waals surface area contributed by atoms with Gasteiger partial charge in [0.05, 0.1) is 0 Å². The lowest BCUT2D eigenvalue weighted by Crippen LogP contribution is -2.06. The SMILES string of the molecule is SCC(S)CC1CCCC1. The Balaban J connectivity index is 2.11. The Labute approximate surface area is 74.6 Å². The largest absolute Gasteiger partial charge is 0.178 e. The highest BCUT2D eigenvalue weighted by atomic mass is 32.1. The second-order valence-electron chi connectivity index (χ2n) is 3.22. The Morgan fingerprint density at radius 3 is 2.40 bits per heavy atom. The molecule has 1 fully saturated rings. The molecule has 1 atom stereocenters. The second-order valence-corrected chi connectivity index (χ2v) is 4.32. The van der Waals surface area contributed by atoms with E-state index in [9.17, 15) is 0 Å². The molecule has 0 aromatic carbocycles. The summed E-state index contributed by atoms with van der Waals surface area (Å²) in [5, 5.41) is 0.534. The van der Waals surface area contributed by atoms with Crippen LogP contribution in [0.3, 0.4) is 0 Å². The predicted molar refractivity (Wildman–Crippen MR) is 53.2 cm³/mol. The summed E-state index contributed by atoms with van der Waals surface area (Å²) in [7, 11) is 0. The molecule has 0 N–H and O–H groups in total. The molecule has 1 saturated carbocycles. The minimum atomic E-state index is 0.534. The summed E-state index contributed by atoms with van der Waals surface area (Å²) >= 11 is 8.64. The third-order valence-corrected chi connectivity index (χ3v) is 3.41. The molecule has 0 radical (unpaired) electrons. The van der Waals surface area contributed by atoms with Gasteiger partial charge in [-0.3, -0.25) is 0 Å². The van der Waals surface area contributed by atoms with Gasteiger partial charge in [0.15, 0.2) is 0 Å². The van der Waals surface area contributed by atoms with Crippen LogP contribution in [0.5, 0.6) is 0 Å². The van der Waals surface area contributed by atoms with Gasteiger partial charge >= 0.3 is 0 Å². The van der Waals surface area contributed by atoms with Gasteiger partial charge in [0.1, 0.15) is 0 Å². The minimum absolute atomic E-state index is 0.534. The maximum atomic E-state index is 4.43. The van der Waals surface area contributed by atoms with Crippen molar-refractivity contribution in [2.45, 2.75) is 37.4 Å². The van der Waals surface area contributed by atoms with Gasteiger partial charge in [-0.2, -0.15) is 25.3 Å². The molecule has 2 heteroatoms. The maximum absolute atomic E-state index is 4.43. The highest BCUT2D eigenvalue weighted by Crippen LogP contribution is 2.29. The fraction of sp³-hybridized carbons (Fsp3) is 1.00. The smallest absolute Gasteiger partial charge is 0.0108 e. The van der Waals surface area contributed by atoms with Crippen LogP contribution in [0.1, 0.15) is 32.1 Å². The van der Waals surface area contributed by atoms with E-state index in [4.69, 9.17) is 0 Å². The molecule has 0 saturated heterocycles. The van der Waals surface area contributed by atoms with Gasteiger partial charge in [0, 0.05) is 11.0 Å². The Bertz CT molecular complexity index is 87.3. The van der Waals surface area contributed by atoms with Crippen LogP contribution in [-0.4, -0.2) is 11.0 Å². The first kappa shape index (κ1) is 8.79. The van der Waals surface area contributed by atoms with Crippen molar-refractivity contribution in [1.82, 2.24) is 0 Å². The molecule has 1 aliphatic rings. The third-order valence-electron chi connectivity index (χ3n) is 2.29. The average Bonchev–Trinajstić information content (AvgIpc) is 2.40. The zero-order chi connectivity index (χ0) is 7.40. The average molecular weight is 176 g/mol. The highest BCUT2D eigenvalue weighted by Gasteiger charge is 2.17. The molecule has 0 nitrogen and oxygen atoms in total. The lowest BCUT2D eigenvalue weighted by atomic mass is 10.0. The van der Waals surface area contributed by atoms with Crippen molar-refractivity contribution in [3.63, 3.8) is 0 Å². The predicted octanol–water partition coefficient (Wildman–Crippen LogP) is 2.79. The fourth-order valence-corrected chi connectivity index (χ4v) is 2.15. The van der Waals surface area contributed by atoms with Crippen molar-refractivity contribution in [3.8, 4) is 0 Å². The third kappa shape index (κ3) is 2.75. The molecule has 1 rings (SSSR count). The van der Waals surface area contributed by atoms with Crippen LogP contribution in [0.25, 0.3) is 0 Å². The van der Waals surface area contributed by atoms with Crippen molar-refractivity contribution < 1.29 is 0 Å². The Morgan fingerprint density at radius 2 is 1.90 bits per heavy atom. The molecule has 10 heavy (non-hydrogen) atoms. The molecule has 60 valence electrons. The van der Waals surface area contributed by atoms with Gasteiger partial charge in [0.2, 0.25) is 0 Å². The van der Waals surface area contributed by atoms with Crippen molar-refractivity contribution in [3.05, 3.63) is 0 Å². The molecule has 1 aliphatic carbocycles. The summed E-state index contributed by atoms with van der Waals surface area (Å²) in [5.41, 5.74) is 0. The number of hydrogen-bond donors (Lipinski definition) is 2. The van der Waals surface area contributed by atoms with E-state index in [1.54, 1.807) is 0 Å². The van der Waals surface area contributed by atoms with E-state index in [1.807, 2.05) is 0 Å². The van der Waals surface area contributed by atoms with Crippen LogP contribution >= 0.6 is 25.3 Å². The first-order chi connectivity index (χ1) is 4.83. The first-order valence-corrected chi connectivity index (χ1v) is 5.26. The van der Waals surface area contributed by atoms with Crippen molar-refractivity contribution in [1.29, 1.82) is 0 Å². The zero-order valence-electron chi connectivity index (χ0n) is 6.29. The molecular weight excluding hydrogens is 160 g/mol. The molecule has 0 amide bonds. The van der Waals surface area contributed by atoms with Crippen LogP contribution in [0, 0.1) is 5.92 Å². The van der Waals surface area contributed by atoms with Crippen molar-refractivity contribution >= 4 is 25.3 Å². The Morgan fingerprint density at radius 1 is 1.30 bits per heavy atom. The van der Waals surface area contributed by atoms with Gasteiger partial charge in [-0.05, 0) is 12.3 Å². The molecule has 0 aromatic rings. The number of thiol groups is 2. The van der Waals surface area contributed by atoms with Gasteiger partial charge in [0.25, 0.3) is 0 Å². The molecule has 1 unspecified atom stereocenters. The summed E-state index contributed by atoms with van der Waals surface area (Å²) in [5.74, 6) is 1.90.